The average molecular weight is 326 g/mol. The standard InChI is InChI=1S/C16H30N4O3/c1-13-10-18(12-16(22)17-4-9-23-3)11-15(13)20-7-5-19(6-8-20)14(2)21/h13,15H,4-12H2,1-3H3,(H,17,22)/t13-,15-/m1/s1. The maximum atomic E-state index is 11.9. The highest BCUT2D eigenvalue weighted by Crippen LogP contribution is 2.22. The lowest BCUT2D eigenvalue weighted by Gasteiger charge is -2.39. The Kier molecular flexibility index (Phi) is 6.80. The van der Waals surface area contributed by atoms with Crippen LogP contribution >= 0.6 is 0 Å². The number of piperazine rings is 1. The lowest BCUT2D eigenvalue weighted by molar-refractivity contribution is -0.131. The summed E-state index contributed by atoms with van der Waals surface area (Å²) in [6.07, 6.45) is 0. The lowest BCUT2D eigenvalue weighted by Crippen LogP contribution is -2.53. The van der Waals surface area contributed by atoms with E-state index >= 15 is 0 Å². The average Bonchev–Trinajstić information content (AvgIpc) is 2.88. The predicted molar refractivity (Wildman–Crippen MR) is 88.1 cm³/mol. The number of hydrogen-bond donors (Lipinski definition) is 1. The van der Waals surface area contributed by atoms with Crippen molar-refractivity contribution in [1.82, 2.24) is 20.0 Å². The molecule has 2 fully saturated rings. The summed E-state index contributed by atoms with van der Waals surface area (Å²) in [6, 6.07) is 0.482. The van der Waals surface area contributed by atoms with Gasteiger partial charge in [-0.05, 0) is 5.92 Å². The number of carbonyl (C=O) groups excluding carboxylic acids is 2. The first-order valence-corrected chi connectivity index (χ1v) is 8.48. The van der Waals surface area contributed by atoms with Gasteiger partial charge in [-0.25, -0.2) is 0 Å². The Morgan fingerprint density at radius 1 is 1.17 bits per heavy atom. The molecule has 0 unspecified atom stereocenters. The largest absolute Gasteiger partial charge is 0.383 e. The van der Waals surface area contributed by atoms with Gasteiger partial charge < -0.3 is 15.0 Å². The van der Waals surface area contributed by atoms with Gasteiger partial charge in [0.1, 0.15) is 0 Å². The smallest absolute Gasteiger partial charge is 0.234 e. The van der Waals surface area contributed by atoms with Crippen molar-refractivity contribution >= 4 is 11.8 Å². The van der Waals surface area contributed by atoms with E-state index in [2.05, 4.69) is 22.0 Å². The van der Waals surface area contributed by atoms with Gasteiger partial charge in [0, 0.05) is 65.9 Å². The van der Waals surface area contributed by atoms with E-state index < -0.39 is 0 Å². The SMILES string of the molecule is COCCNC(=O)CN1C[C@@H](C)[C@H](N2CCN(C(C)=O)CC2)C1. The van der Waals surface area contributed by atoms with E-state index in [1.807, 2.05) is 4.90 Å². The van der Waals surface area contributed by atoms with Gasteiger partial charge in [0.05, 0.1) is 13.2 Å². The zero-order valence-corrected chi connectivity index (χ0v) is 14.6. The second-order valence-corrected chi connectivity index (χ2v) is 6.62. The second-order valence-electron chi connectivity index (χ2n) is 6.62. The molecule has 2 rings (SSSR count). The summed E-state index contributed by atoms with van der Waals surface area (Å²) in [6.45, 7) is 10.8. The van der Waals surface area contributed by atoms with E-state index in [-0.39, 0.29) is 11.8 Å². The van der Waals surface area contributed by atoms with Crippen LogP contribution in [0, 0.1) is 5.92 Å². The van der Waals surface area contributed by atoms with E-state index in [9.17, 15) is 9.59 Å². The highest BCUT2D eigenvalue weighted by molar-refractivity contribution is 5.78. The molecule has 7 nitrogen and oxygen atoms in total. The molecule has 0 aromatic heterocycles. The summed E-state index contributed by atoms with van der Waals surface area (Å²) in [5.41, 5.74) is 0. The van der Waals surface area contributed by atoms with Crippen molar-refractivity contribution in [1.29, 1.82) is 0 Å². The minimum absolute atomic E-state index is 0.0660. The summed E-state index contributed by atoms with van der Waals surface area (Å²) in [5, 5.41) is 2.87. The van der Waals surface area contributed by atoms with Crippen molar-refractivity contribution < 1.29 is 14.3 Å². The van der Waals surface area contributed by atoms with Gasteiger partial charge in [-0.15, -0.1) is 0 Å². The fraction of sp³-hybridized carbons (Fsp3) is 0.875. The molecule has 2 amide bonds. The van der Waals surface area contributed by atoms with E-state index in [4.69, 9.17) is 4.74 Å². The van der Waals surface area contributed by atoms with Gasteiger partial charge in [-0.3, -0.25) is 19.4 Å². The lowest BCUT2D eigenvalue weighted by atomic mass is 10.0. The molecule has 2 aliphatic heterocycles. The van der Waals surface area contributed by atoms with E-state index in [1.165, 1.54) is 0 Å². The molecule has 1 N–H and O–H groups in total. The monoisotopic (exact) mass is 326 g/mol. The van der Waals surface area contributed by atoms with Crippen LogP contribution in [0.25, 0.3) is 0 Å². The Balaban J connectivity index is 1.75. The number of likely N-dealkylation sites (tertiary alicyclic amines) is 1. The van der Waals surface area contributed by atoms with Crippen LogP contribution in [-0.2, 0) is 14.3 Å². The molecule has 0 radical (unpaired) electrons. The number of nitrogens with zero attached hydrogens (tertiary/aromatic N) is 3. The molecule has 2 aliphatic rings. The van der Waals surface area contributed by atoms with Crippen LogP contribution in [0.15, 0.2) is 0 Å². The summed E-state index contributed by atoms with van der Waals surface area (Å²) >= 11 is 0. The van der Waals surface area contributed by atoms with Crippen LogP contribution in [0.5, 0.6) is 0 Å². The van der Waals surface area contributed by atoms with Crippen molar-refractivity contribution in [2.45, 2.75) is 19.9 Å². The third-order valence-corrected chi connectivity index (χ3v) is 4.87. The Bertz CT molecular complexity index is 410. The quantitative estimate of drug-likeness (QED) is 0.650. The number of ether oxygens (including phenoxy) is 1. The van der Waals surface area contributed by atoms with Gasteiger partial charge in [0.2, 0.25) is 11.8 Å². The first kappa shape index (κ1) is 18.2. The van der Waals surface area contributed by atoms with Crippen LogP contribution in [0.4, 0.5) is 0 Å². The number of carbonyl (C=O) groups is 2. The van der Waals surface area contributed by atoms with Gasteiger partial charge in [-0.1, -0.05) is 6.92 Å². The molecule has 7 heteroatoms. The highest BCUT2D eigenvalue weighted by Gasteiger charge is 2.35. The normalized spacial score (nSPS) is 26.5. The maximum absolute atomic E-state index is 11.9. The molecule has 0 saturated carbocycles. The van der Waals surface area contributed by atoms with Gasteiger partial charge >= 0.3 is 0 Å². The molecular weight excluding hydrogens is 296 g/mol. The van der Waals surface area contributed by atoms with Gasteiger partial charge in [-0.2, -0.15) is 0 Å². The van der Waals surface area contributed by atoms with Crippen LogP contribution in [-0.4, -0.2) is 98.6 Å². The van der Waals surface area contributed by atoms with Crippen molar-refractivity contribution in [3.8, 4) is 0 Å². The van der Waals surface area contributed by atoms with Crippen molar-refractivity contribution in [2.24, 2.45) is 5.92 Å². The Labute approximate surface area is 138 Å². The number of amides is 2. The molecule has 0 aromatic carbocycles. The van der Waals surface area contributed by atoms with Crippen molar-refractivity contribution in [3.63, 3.8) is 0 Å². The van der Waals surface area contributed by atoms with Crippen molar-refractivity contribution in [2.75, 3.05) is 66.1 Å². The summed E-state index contributed by atoms with van der Waals surface area (Å²) in [4.78, 5) is 30.0. The molecular formula is C16H30N4O3. The van der Waals surface area contributed by atoms with Gasteiger partial charge in [0.15, 0.2) is 0 Å². The zero-order chi connectivity index (χ0) is 16.8. The first-order chi connectivity index (χ1) is 11.0. The molecule has 0 spiro atoms. The zero-order valence-electron chi connectivity index (χ0n) is 14.6. The van der Waals surface area contributed by atoms with Crippen molar-refractivity contribution in [3.05, 3.63) is 0 Å². The molecule has 23 heavy (non-hydrogen) atoms. The minimum Gasteiger partial charge on any atom is -0.383 e. The van der Waals surface area contributed by atoms with Crippen LogP contribution in [0.2, 0.25) is 0 Å². The van der Waals surface area contributed by atoms with Crippen LogP contribution < -0.4 is 5.32 Å². The number of hydrogen-bond acceptors (Lipinski definition) is 5. The van der Waals surface area contributed by atoms with Crippen LogP contribution in [0.3, 0.4) is 0 Å². The van der Waals surface area contributed by atoms with Gasteiger partial charge in [0.25, 0.3) is 0 Å². The van der Waals surface area contributed by atoms with Crippen LogP contribution in [0.1, 0.15) is 13.8 Å². The molecule has 2 saturated heterocycles. The Hall–Kier alpha value is -1.18. The Morgan fingerprint density at radius 2 is 1.87 bits per heavy atom. The molecule has 0 aromatic rings. The summed E-state index contributed by atoms with van der Waals surface area (Å²) < 4.78 is 4.94. The number of methoxy groups -OCH3 is 1. The summed E-state index contributed by atoms with van der Waals surface area (Å²) in [7, 11) is 1.63. The minimum atomic E-state index is 0.0660. The molecule has 2 atom stereocenters. The molecule has 0 bridgehead atoms. The third-order valence-electron chi connectivity index (χ3n) is 4.87. The topological polar surface area (TPSA) is 65.1 Å². The van der Waals surface area contributed by atoms with E-state index in [1.54, 1.807) is 14.0 Å². The third kappa shape index (κ3) is 5.16. The van der Waals surface area contributed by atoms with E-state index in [0.717, 1.165) is 39.3 Å². The maximum Gasteiger partial charge on any atom is 0.234 e. The molecule has 2 heterocycles. The Morgan fingerprint density at radius 3 is 2.48 bits per heavy atom. The van der Waals surface area contributed by atoms with E-state index in [0.29, 0.717) is 31.7 Å². The number of rotatable bonds is 6. The summed E-state index contributed by atoms with van der Waals surface area (Å²) in [5.74, 6) is 0.778. The molecule has 132 valence electrons. The fourth-order valence-corrected chi connectivity index (χ4v) is 3.57. The molecule has 0 aliphatic carbocycles. The second kappa shape index (κ2) is 8.61. The highest BCUT2D eigenvalue weighted by atomic mass is 16.5. The fourth-order valence-electron chi connectivity index (χ4n) is 3.57. The number of nitrogens with one attached hydrogen (secondary N) is 1. The first-order valence-electron chi connectivity index (χ1n) is 8.48. The predicted octanol–water partition coefficient (Wildman–Crippen LogP) is -0.767.